The van der Waals surface area contributed by atoms with Gasteiger partial charge in [-0.1, -0.05) is 0 Å². The number of halogens is 1. The smallest absolute Gasteiger partial charge is 0.325 e. The third-order valence-electron chi connectivity index (χ3n) is 1.78. The van der Waals surface area contributed by atoms with Gasteiger partial charge in [0.05, 0.1) is 0 Å². The van der Waals surface area contributed by atoms with Crippen molar-refractivity contribution in [1.82, 2.24) is 10.6 Å². The standard InChI is InChI=1S/C10H14ClN3O3/c1-7(10(16)17)14-9(15)8(5-12)6-13-4-2-3-11/h6-7,13H,2-4H2,1H3,(H,14,15)(H,16,17)/b8-6-. The Morgan fingerprint density at radius 3 is 2.71 bits per heavy atom. The fourth-order valence-electron chi connectivity index (χ4n) is 0.828. The Morgan fingerprint density at radius 1 is 1.59 bits per heavy atom. The lowest BCUT2D eigenvalue weighted by Crippen LogP contribution is -2.39. The number of amides is 1. The number of carbonyl (C=O) groups is 2. The number of carboxylic acids is 1. The molecular formula is C10H14ClN3O3. The Morgan fingerprint density at radius 2 is 2.24 bits per heavy atom. The van der Waals surface area contributed by atoms with E-state index in [4.69, 9.17) is 22.0 Å². The lowest BCUT2D eigenvalue weighted by atomic mass is 10.2. The number of carboxylic acid groups (broad SMARTS) is 1. The zero-order valence-corrected chi connectivity index (χ0v) is 10.1. The molecule has 1 unspecified atom stereocenters. The van der Waals surface area contributed by atoms with Crippen LogP contribution in [-0.4, -0.2) is 35.4 Å². The van der Waals surface area contributed by atoms with Crippen LogP contribution in [0.4, 0.5) is 0 Å². The number of rotatable bonds is 7. The van der Waals surface area contributed by atoms with E-state index in [0.29, 0.717) is 18.8 Å². The Hall–Kier alpha value is -1.74. The highest BCUT2D eigenvalue weighted by atomic mass is 35.5. The monoisotopic (exact) mass is 259 g/mol. The lowest BCUT2D eigenvalue weighted by molar-refractivity contribution is -0.140. The van der Waals surface area contributed by atoms with Crippen molar-refractivity contribution >= 4 is 23.5 Å². The maximum atomic E-state index is 11.4. The highest BCUT2D eigenvalue weighted by Gasteiger charge is 2.16. The van der Waals surface area contributed by atoms with Crippen LogP contribution in [0.5, 0.6) is 0 Å². The minimum absolute atomic E-state index is 0.173. The summed E-state index contributed by atoms with van der Waals surface area (Å²) in [6.07, 6.45) is 1.94. The summed E-state index contributed by atoms with van der Waals surface area (Å²) in [6.45, 7) is 1.85. The summed E-state index contributed by atoms with van der Waals surface area (Å²) < 4.78 is 0. The minimum Gasteiger partial charge on any atom is -0.480 e. The molecule has 17 heavy (non-hydrogen) atoms. The van der Waals surface area contributed by atoms with Crippen LogP contribution in [0.3, 0.4) is 0 Å². The highest BCUT2D eigenvalue weighted by Crippen LogP contribution is 1.93. The molecule has 0 aromatic carbocycles. The number of nitriles is 1. The fourth-order valence-corrected chi connectivity index (χ4v) is 0.961. The summed E-state index contributed by atoms with van der Waals surface area (Å²) in [5, 5.41) is 22.2. The summed E-state index contributed by atoms with van der Waals surface area (Å²) in [5.74, 6) is -1.41. The molecular weight excluding hydrogens is 246 g/mol. The second kappa shape index (κ2) is 8.42. The second-order valence-electron chi connectivity index (χ2n) is 3.20. The fraction of sp³-hybridized carbons (Fsp3) is 0.500. The van der Waals surface area contributed by atoms with Crippen molar-refractivity contribution < 1.29 is 14.7 Å². The van der Waals surface area contributed by atoms with E-state index in [9.17, 15) is 9.59 Å². The number of carbonyl (C=O) groups excluding carboxylic acids is 1. The lowest BCUT2D eigenvalue weighted by Gasteiger charge is -2.08. The topological polar surface area (TPSA) is 102 Å². The molecule has 0 fully saturated rings. The van der Waals surface area contributed by atoms with Crippen molar-refractivity contribution in [2.45, 2.75) is 19.4 Å². The molecule has 1 atom stereocenters. The van der Waals surface area contributed by atoms with E-state index in [1.807, 2.05) is 0 Å². The summed E-state index contributed by atoms with van der Waals surface area (Å²) in [5.41, 5.74) is -0.173. The average molecular weight is 260 g/mol. The number of aliphatic carboxylic acids is 1. The van der Waals surface area contributed by atoms with Gasteiger partial charge in [0.25, 0.3) is 5.91 Å². The molecule has 3 N–H and O–H groups in total. The van der Waals surface area contributed by atoms with Crippen molar-refractivity contribution in [2.24, 2.45) is 0 Å². The van der Waals surface area contributed by atoms with Crippen LogP contribution in [0.25, 0.3) is 0 Å². The SMILES string of the molecule is CC(NC(=O)/C(C#N)=C\NCCCCl)C(=O)O. The first-order valence-corrected chi connectivity index (χ1v) is 5.49. The van der Waals surface area contributed by atoms with Crippen molar-refractivity contribution in [1.29, 1.82) is 5.26 Å². The van der Waals surface area contributed by atoms with Gasteiger partial charge in [-0.25, -0.2) is 0 Å². The molecule has 0 aromatic rings. The van der Waals surface area contributed by atoms with E-state index in [-0.39, 0.29) is 5.57 Å². The molecule has 0 bridgehead atoms. The van der Waals surface area contributed by atoms with E-state index in [1.54, 1.807) is 6.07 Å². The van der Waals surface area contributed by atoms with Gasteiger partial charge in [-0.2, -0.15) is 5.26 Å². The summed E-state index contributed by atoms with van der Waals surface area (Å²) >= 11 is 5.45. The van der Waals surface area contributed by atoms with Crippen LogP contribution < -0.4 is 10.6 Å². The normalized spacial score (nSPS) is 12.4. The number of nitrogens with one attached hydrogen (secondary N) is 2. The Balaban J connectivity index is 4.31. The zero-order valence-electron chi connectivity index (χ0n) is 9.36. The van der Waals surface area contributed by atoms with Crippen LogP contribution in [0.1, 0.15) is 13.3 Å². The summed E-state index contributed by atoms with van der Waals surface area (Å²) in [7, 11) is 0. The first kappa shape index (κ1) is 15.3. The number of hydrogen-bond acceptors (Lipinski definition) is 4. The van der Waals surface area contributed by atoms with E-state index in [2.05, 4.69) is 10.6 Å². The molecule has 0 rings (SSSR count). The second-order valence-corrected chi connectivity index (χ2v) is 3.58. The zero-order chi connectivity index (χ0) is 13.3. The maximum absolute atomic E-state index is 11.4. The number of alkyl halides is 1. The Bertz CT molecular complexity index is 349. The van der Waals surface area contributed by atoms with Crippen molar-refractivity contribution in [3.63, 3.8) is 0 Å². The van der Waals surface area contributed by atoms with Crippen molar-refractivity contribution in [3.05, 3.63) is 11.8 Å². The van der Waals surface area contributed by atoms with Crippen LogP contribution >= 0.6 is 11.6 Å². The van der Waals surface area contributed by atoms with Crippen LogP contribution in [0, 0.1) is 11.3 Å². The Kier molecular flexibility index (Phi) is 7.55. The molecule has 0 aromatic heterocycles. The number of hydrogen-bond donors (Lipinski definition) is 3. The van der Waals surface area contributed by atoms with Gasteiger partial charge in [0.2, 0.25) is 0 Å². The first-order valence-electron chi connectivity index (χ1n) is 4.96. The molecule has 0 aliphatic rings. The predicted molar refractivity (Wildman–Crippen MR) is 62.3 cm³/mol. The van der Waals surface area contributed by atoms with Crippen molar-refractivity contribution in [2.75, 3.05) is 12.4 Å². The van der Waals surface area contributed by atoms with E-state index in [1.165, 1.54) is 13.1 Å². The molecule has 7 heteroatoms. The third-order valence-corrected chi connectivity index (χ3v) is 2.05. The predicted octanol–water partition coefficient (Wildman–Crippen LogP) is 0.202. The van der Waals surface area contributed by atoms with Gasteiger partial charge in [-0.05, 0) is 13.3 Å². The van der Waals surface area contributed by atoms with Gasteiger partial charge in [-0.15, -0.1) is 11.6 Å². The molecule has 1 amide bonds. The molecule has 0 aliphatic carbocycles. The molecule has 6 nitrogen and oxygen atoms in total. The molecule has 0 saturated heterocycles. The highest BCUT2D eigenvalue weighted by molar-refractivity contribution is 6.17. The molecule has 94 valence electrons. The molecule has 0 radical (unpaired) electrons. The quantitative estimate of drug-likeness (QED) is 0.262. The van der Waals surface area contributed by atoms with E-state index in [0.717, 1.165) is 0 Å². The van der Waals surface area contributed by atoms with Gasteiger partial charge in [-0.3, -0.25) is 9.59 Å². The molecule has 0 aliphatic heterocycles. The van der Waals surface area contributed by atoms with Gasteiger partial charge in [0, 0.05) is 18.6 Å². The largest absolute Gasteiger partial charge is 0.480 e. The molecule has 0 spiro atoms. The van der Waals surface area contributed by atoms with E-state index >= 15 is 0 Å². The van der Waals surface area contributed by atoms with Gasteiger partial charge in [0.15, 0.2) is 0 Å². The van der Waals surface area contributed by atoms with Crippen LogP contribution in [-0.2, 0) is 9.59 Å². The third kappa shape index (κ3) is 6.43. The molecule has 0 heterocycles. The van der Waals surface area contributed by atoms with Gasteiger partial charge in [0.1, 0.15) is 17.7 Å². The minimum atomic E-state index is -1.16. The van der Waals surface area contributed by atoms with Crippen molar-refractivity contribution in [3.8, 4) is 6.07 Å². The summed E-state index contributed by atoms with van der Waals surface area (Å²) in [4.78, 5) is 21.9. The summed E-state index contributed by atoms with van der Waals surface area (Å²) in [6, 6.07) is 0.644. The van der Waals surface area contributed by atoms with Crippen LogP contribution in [0.15, 0.2) is 11.8 Å². The van der Waals surface area contributed by atoms with E-state index < -0.39 is 17.9 Å². The average Bonchev–Trinajstić information content (AvgIpc) is 2.28. The Labute approximate surface area is 104 Å². The van der Waals surface area contributed by atoms with Gasteiger partial charge < -0.3 is 15.7 Å². The van der Waals surface area contributed by atoms with Gasteiger partial charge >= 0.3 is 5.97 Å². The number of nitrogens with zero attached hydrogens (tertiary/aromatic N) is 1. The first-order chi connectivity index (χ1) is 8.02. The van der Waals surface area contributed by atoms with Crippen LogP contribution in [0.2, 0.25) is 0 Å². The molecule has 0 saturated carbocycles. The maximum Gasteiger partial charge on any atom is 0.325 e.